The van der Waals surface area contributed by atoms with Gasteiger partial charge in [0.15, 0.2) is 0 Å². The van der Waals surface area contributed by atoms with Gasteiger partial charge in [0, 0.05) is 10.6 Å². The zero-order valence-electron chi connectivity index (χ0n) is 22.7. The molecular weight excluding hydrogens is 551 g/mol. The summed E-state index contributed by atoms with van der Waals surface area (Å²) in [6.45, 7) is 8.90. The third-order valence-electron chi connectivity index (χ3n) is 6.58. The zero-order valence-corrected chi connectivity index (χ0v) is 25.0. The number of hydrogen-bond donors (Lipinski definition) is 0. The molecule has 0 N–H and O–H groups in total. The fraction of sp³-hybridized carbons (Fsp3) is 0.290. The molecule has 3 aromatic carbocycles. The second-order valence-electron chi connectivity index (χ2n) is 9.72. The maximum Gasteiger partial charge on any atom is 0.337 e. The van der Waals surface area contributed by atoms with E-state index in [2.05, 4.69) is 44.9 Å². The van der Waals surface area contributed by atoms with Crippen molar-refractivity contribution >= 4 is 40.9 Å². The van der Waals surface area contributed by atoms with Gasteiger partial charge >= 0.3 is 5.97 Å². The van der Waals surface area contributed by atoms with Crippen LogP contribution in [0.5, 0.6) is 5.75 Å². The number of ether oxygens (including phenoxy) is 2. The summed E-state index contributed by atoms with van der Waals surface area (Å²) in [5.41, 5.74) is 5.64. The maximum atomic E-state index is 11.8. The minimum atomic E-state index is -0.324. The van der Waals surface area contributed by atoms with Crippen molar-refractivity contribution in [3.05, 3.63) is 105 Å². The molecule has 0 saturated carbocycles. The number of para-hydroxylation sites is 1. The molecule has 204 valence electrons. The van der Waals surface area contributed by atoms with Gasteiger partial charge in [0.05, 0.1) is 34.6 Å². The minimum Gasteiger partial charge on any atom is -0.487 e. The Morgan fingerprint density at radius 1 is 1.00 bits per heavy atom. The number of halogens is 2. The lowest BCUT2D eigenvalue weighted by Crippen LogP contribution is -2.09. The van der Waals surface area contributed by atoms with Gasteiger partial charge in [0.2, 0.25) is 0 Å². The third kappa shape index (κ3) is 6.81. The average molecular weight is 584 g/mol. The zero-order chi connectivity index (χ0) is 28.1. The molecule has 1 aromatic heterocycles. The van der Waals surface area contributed by atoms with Crippen LogP contribution < -0.4 is 4.74 Å². The fourth-order valence-corrected chi connectivity index (χ4v) is 6.05. The Bertz CT molecular complexity index is 1450. The van der Waals surface area contributed by atoms with E-state index in [-0.39, 0.29) is 11.9 Å². The van der Waals surface area contributed by atoms with Crippen LogP contribution in [0.4, 0.5) is 0 Å². The number of aryl methyl sites for hydroxylation is 1. The van der Waals surface area contributed by atoms with Crippen molar-refractivity contribution in [1.29, 1.82) is 0 Å². The van der Waals surface area contributed by atoms with Crippen LogP contribution in [0.2, 0.25) is 10.0 Å². The van der Waals surface area contributed by atoms with Gasteiger partial charge < -0.3 is 9.47 Å². The summed E-state index contributed by atoms with van der Waals surface area (Å²) in [6.07, 6.45) is 1.86. The fourth-order valence-electron chi connectivity index (χ4n) is 4.48. The van der Waals surface area contributed by atoms with Gasteiger partial charge in [0.1, 0.15) is 18.0 Å². The molecule has 39 heavy (non-hydrogen) atoms. The Morgan fingerprint density at radius 3 is 2.38 bits per heavy atom. The maximum absolute atomic E-state index is 11.8. The first-order valence-corrected chi connectivity index (χ1v) is 14.5. The number of benzene rings is 3. The van der Waals surface area contributed by atoms with E-state index in [0.717, 1.165) is 33.2 Å². The van der Waals surface area contributed by atoms with Gasteiger partial charge in [-0.1, -0.05) is 62.2 Å². The summed E-state index contributed by atoms with van der Waals surface area (Å²) in [7, 11) is 1.40. The summed E-state index contributed by atoms with van der Waals surface area (Å²) in [5, 5.41) is 5.67. The number of rotatable bonds is 10. The molecule has 0 amide bonds. The Hall–Kier alpha value is -2.93. The summed E-state index contributed by atoms with van der Waals surface area (Å²) in [4.78, 5) is 12.9. The predicted molar refractivity (Wildman–Crippen MR) is 160 cm³/mol. The molecular formula is C31H32Cl2N2O3S. The van der Waals surface area contributed by atoms with E-state index in [1.54, 1.807) is 22.5 Å². The highest BCUT2D eigenvalue weighted by atomic mass is 35.5. The summed E-state index contributed by atoms with van der Waals surface area (Å²) < 4.78 is 12.9. The van der Waals surface area contributed by atoms with Gasteiger partial charge in [-0.15, -0.1) is 11.8 Å². The van der Waals surface area contributed by atoms with Gasteiger partial charge in [-0.2, -0.15) is 5.10 Å². The molecule has 0 bridgehead atoms. The van der Waals surface area contributed by atoms with Crippen LogP contribution in [0, 0.1) is 6.92 Å². The molecule has 1 heterocycles. The lowest BCUT2D eigenvalue weighted by molar-refractivity contribution is 0.0600. The molecule has 0 aliphatic carbocycles. The van der Waals surface area contributed by atoms with Gasteiger partial charge in [-0.05, 0) is 77.9 Å². The molecule has 8 heteroatoms. The van der Waals surface area contributed by atoms with E-state index in [0.29, 0.717) is 33.8 Å². The van der Waals surface area contributed by atoms with Crippen molar-refractivity contribution < 1.29 is 14.3 Å². The van der Waals surface area contributed by atoms with Crippen molar-refractivity contribution in [2.45, 2.75) is 51.0 Å². The molecule has 4 rings (SSSR count). The van der Waals surface area contributed by atoms with Crippen LogP contribution in [0.1, 0.15) is 65.3 Å². The Kier molecular flexibility index (Phi) is 9.65. The van der Waals surface area contributed by atoms with E-state index >= 15 is 0 Å². The molecule has 0 radical (unpaired) electrons. The number of nitrogens with zero attached hydrogens (tertiary/aromatic N) is 2. The van der Waals surface area contributed by atoms with Crippen molar-refractivity contribution in [2.75, 3.05) is 12.9 Å². The van der Waals surface area contributed by atoms with E-state index in [4.69, 9.17) is 32.7 Å². The number of methoxy groups -OCH3 is 1. The molecule has 1 atom stereocenters. The lowest BCUT2D eigenvalue weighted by Gasteiger charge is -2.17. The highest BCUT2D eigenvalue weighted by Gasteiger charge is 2.20. The van der Waals surface area contributed by atoms with Gasteiger partial charge in [0.25, 0.3) is 0 Å². The first kappa shape index (κ1) is 29.1. The summed E-state index contributed by atoms with van der Waals surface area (Å²) >= 11 is 14.7. The van der Waals surface area contributed by atoms with Gasteiger partial charge in [-0.25, -0.2) is 9.48 Å². The minimum absolute atomic E-state index is 0.259. The second kappa shape index (κ2) is 12.9. The number of carbonyl (C=O) groups is 1. The van der Waals surface area contributed by atoms with Crippen LogP contribution in [0.15, 0.2) is 71.8 Å². The number of aromatic nitrogens is 2. The molecule has 0 aliphatic heterocycles. The number of carbonyl (C=O) groups excluding carboxylic acids is 1. The highest BCUT2D eigenvalue weighted by molar-refractivity contribution is 7.99. The van der Waals surface area contributed by atoms with Crippen LogP contribution in [0.3, 0.4) is 0 Å². The van der Waals surface area contributed by atoms with E-state index in [1.165, 1.54) is 12.7 Å². The molecule has 0 spiro atoms. The standard InChI is InChI=1S/C31H32Cl2N2O3S/c1-19(2)26-16-34-35(30-27(32)10-7-11-28(30)33)29(26)17-38-23-12-13-25(20(3)14-23)21(4)18-39-24-9-6-8-22(15-24)31(36)37-5/h6-16,19,21H,17-18H2,1-5H3. The Morgan fingerprint density at radius 2 is 1.72 bits per heavy atom. The molecule has 0 aliphatic rings. The van der Waals surface area contributed by atoms with Crippen molar-refractivity contribution in [1.82, 2.24) is 9.78 Å². The first-order valence-electron chi connectivity index (χ1n) is 12.7. The van der Waals surface area contributed by atoms with Crippen LogP contribution in [0.25, 0.3) is 5.69 Å². The molecule has 5 nitrogen and oxygen atoms in total. The molecule has 4 aromatic rings. The van der Waals surface area contributed by atoms with Crippen molar-refractivity contribution in [2.24, 2.45) is 0 Å². The largest absolute Gasteiger partial charge is 0.487 e. The van der Waals surface area contributed by atoms with Gasteiger partial charge in [-0.3, -0.25) is 0 Å². The Labute approximate surface area is 244 Å². The van der Waals surface area contributed by atoms with Crippen LogP contribution >= 0.6 is 35.0 Å². The lowest BCUT2D eigenvalue weighted by atomic mass is 9.98. The monoisotopic (exact) mass is 582 g/mol. The molecule has 0 saturated heterocycles. The average Bonchev–Trinajstić information content (AvgIpc) is 3.34. The SMILES string of the molecule is COC(=O)c1cccc(SCC(C)c2ccc(OCc3c(C(C)C)cnn3-c3c(Cl)cccc3Cl)cc2C)c1. The molecule has 1 unspecified atom stereocenters. The Balaban J connectivity index is 1.47. The normalized spacial score (nSPS) is 12.0. The van der Waals surface area contributed by atoms with Crippen LogP contribution in [-0.4, -0.2) is 28.6 Å². The number of hydrogen-bond acceptors (Lipinski definition) is 5. The third-order valence-corrected chi connectivity index (χ3v) is 8.44. The quantitative estimate of drug-likeness (QED) is 0.138. The summed E-state index contributed by atoms with van der Waals surface area (Å²) in [5.74, 6) is 1.91. The topological polar surface area (TPSA) is 53.4 Å². The summed E-state index contributed by atoms with van der Waals surface area (Å²) in [6, 6.07) is 19.2. The van der Waals surface area contributed by atoms with E-state index in [9.17, 15) is 4.79 Å². The highest BCUT2D eigenvalue weighted by Crippen LogP contribution is 2.33. The second-order valence-corrected chi connectivity index (χ2v) is 11.6. The van der Waals surface area contributed by atoms with E-state index in [1.807, 2.05) is 48.7 Å². The number of thioether (sulfide) groups is 1. The predicted octanol–water partition coefficient (Wildman–Crippen LogP) is 8.87. The van der Waals surface area contributed by atoms with E-state index < -0.39 is 0 Å². The van der Waals surface area contributed by atoms with Crippen molar-refractivity contribution in [3.8, 4) is 11.4 Å². The molecule has 0 fully saturated rings. The van der Waals surface area contributed by atoms with Crippen LogP contribution in [-0.2, 0) is 11.3 Å². The number of esters is 1. The first-order chi connectivity index (χ1) is 18.7. The van der Waals surface area contributed by atoms with Crippen molar-refractivity contribution in [3.63, 3.8) is 0 Å². The smallest absolute Gasteiger partial charge is 0.337 e.